The molecule has 100 valence electrons. The van der Waals surface area contributed by atoms with E-state index in [-0.39, 0.29) is 0 Å². The van der Waals surface area contributed by atoms with E-state index in [0.29, 0.717) is 11.0 Å². The predicted octanol–water partition coefficient (Wildman–Crippen LogP) is 4.54. The van der Waals surface area contributed by atoms with Crippen LogP contribution in [0.25, 0.3) is 0 Å². The van der Waals surface area contributed by atoms with Crippen molar-refractivity contribution in [1.29, 1.82) is 0 Å². The Hall–Kier alpha value is 0.370. The highest BCUT2D eigenvalue weighted by Crippen LogP contribution is 2.26. The molecule has 1 nitrogen and oxygen atoms in total. The van der Waals surface area contributed by atoms with E-state index in [2.05, 4.69) is 6.92 Å². The monoisotopic (exact) mass is 274 g/mol. The smallest absolute Gasteiger partial charge is 0.146 e. The highest BCUT2D eigenvalue weighted by atomic mass is 32.2. The highest BCUT2D eigenvalue weighted by Gasteiger charge is 2.21. The van der Waals surface area contributed by atoms with Crippen molar-refractivity contribution < 1.29 is 4.79 Å². The van der Waals surface area contributed by atoms with E-state index in [1.54, 1.807) is 0 Å². The van der Waals surface area contributed by atoms with Crippen LogP contribution in [0.5, 0.6) is 0 Å². The molecule has 0 aromatic carbocycles. The molecule has 1 fully saturated rings. The van der Waals surface area contributed by atoms with Gasteiger partial charge < -0.3 is 0 Å². The molecule has 0 N–H and O–H groups in total. The molecule has 0 spiro atoms. The normalized spacial score (nSPS) is 20.4. The predicted molar refractivity (Wildman–Crippen MR) is 81.2 cm³/mol. The Morgan fingerprint density at radius 3 is 2.41 bits per heavy atom. The quantitative estimate of drug-likeness (QED) is 0.574. The largest absolute Gasteiger partial charge is 0.298 e. The van der Waals surface area contributed by atoms with E-state index in [9.17, 15) is 4.79 Å². The lowest BCUT2D eigenvalue weighted by molar-refractivity contribution is -0.118. The summed E-state index contributed by atoms with van der Waals surface area (Å²) in [4.78, 5) is 11.9. The molecule has 1 saturated heterocycles. The van der Waals surface area contributed by atoms with E-state index in [1.807, 2.05) is 23.5 Å². The summed E-state index contributed by atoms with van der Waals surface area (Å²) in [6, 6.07) is 0. The van der Waals surface area contributed by atoms with Crippen LogP contribution in [0.3, 0.4) is 0 Å². The number of ketones is 1. The van der Waals surface area contributed by atoms with Gasteiger partial charge in [0.1, 0.15) is 5.78 Å². The van der Waals surface area contributed by atoms with Gasteiger partial charge in [-0.1, -0.05) is 45.4 Å². The first kappa shape index (κ1) is 15.4. The maximum absolute atomic E-state index is 11.9. The van der Waals surface area contributed by atoms with Gasteiger partial charge in [0.05, 0.1) is 5.25 Å². The Morgan fingerprint density at radius 1 is 1.06 bits per heavy atom. The lowest BCUT2D eigenvalue weighted by atomic mass is 10.1. The van der Waals surface area contributed by atoms with Crippen molar-refractivity contribution in [2.75, 3.05) is 17.3 Å². The molecule has 0 amide bonds. The van der Waals surface area contributed by atoms with Gasteiger partial charge in [-0.05, 0) is 6.42 Å². The van der Waals surface area contributed by atoms with Gasteiger partial charge in [-0.2, -0.15) is 11.8 Å². The minimum Gasteiger partial charge on any atom is -0.298 e. The van der Waals surface area contributed by atoms with Gasteiger partial charge in [-0.25, -0.2) is 0 Å². The zero-order chi connectivity index (χ0) is 12.3. The molecule has 0 bridgehead atoms. The number of thioether (sulfide) groups is 2. The van der Waals surface area contributed by atoms with Crippen LogP contribution in [0, 0.1) is 0 Å². The molecular formula is C14H26OS2. The number of carbonyl (C=O) groups is 1. The molecule has 0 aromatic heterocycles. The first-order valence-electron chi connectivity index (χ1n) is 7.06. The van der Waals surface area contributed by atoms with Gasteiger partial charge >= 0.3 is 0 Å². The van der Waals surface area contributed by atoms with E-state index >= 15 is 0 Å². The first-order chi connectivity index (χ1) is 8.34. The van der Waals surface area contributed by atoms with Crippen molar-refractivity contribution in [2.45, 2.75) is 63.5 Å². The number of carbonyl (C=O) groups excluding carboxylic acids is 1. The number of hydrogen-bond acceptors (Lipinski definition) is 3. The van der Waals surface area contributed by atoms with Gasteiger partial charge in [0.25, 0.3) is 0 Å². The van der Waals surface area contributed by atoms with Gasteiger partial charge in [0, 0.05) is 23.7 Å². The lowest BCUT2D eigenvalue weighted by Gasteiger charge is -2.19. The van der Waals surface area contributed by atoms with Crippen LogP contribution in [-0.4, -0.2) is 28.3 Å². The Morgan fingerprint density at radius 2 is 1.76 bits per heavy atom. The molecule has 1 rings (SSSR count). The van der Waals surface area contributed by atoms with Crippen molar-refractivity contribution in [3.63, 3.8) is 0 Å². The van der Waals surface area contributed by atoms with Crippen molar-refractivity contribution in [1.82, 2.24) is 0 Å². The van der Waals surface area contributed by atoms with Crippen molar-refractivity contribution in [3.05, 3.63) is 0 Å². The average Bonchev–Trinajstić information content (AvgIpc) is 2.38. The van der Waals surface area contributed by atoms with Crippen LogP contribution < -0.4 is 0 Å². The van der Waals surface area contributed by atoms with Crippen LogP contribution in [0.1, 0.15) is 58.3 Å². The van der Waals surface area contributed by atoms with Crippen molar-refractivity contribution >= 4 is 29.3 Å². The SMILES string of the molecule is CCCCCCCCCC(=O)C1CSCCS1. The van der Waals surface area contributed by atoms with Gasteiger partial charge in [0.15, 0.2) is 0 Å². The number of unbranched alkanes of at least 4 members (excludes halogenated alkanes) is 6. The maximum atomic E-state index is 11.9. The third-order valence-corrected chi connectivity index (χ3v) is 6.00. The second-order valence-electron chi connectivity index (χ2n) is 4.77. The molecule has 1 aliphatic heterocycles. The molecule has 1 unspecified atom stereocenters. The summed E-state index contributed by atoms with van der Waals surface area (Å²) in [6.07, 6.45) is 9.93. The molecule has 1 atom stereocenters. The van der Waals surface area contributed by atoms with E-state index < -0.39 is 0 Å². The summed E-state index contributed by atoms with van der Waals surface area (Å²) >= 11 is 3.82. The fourth-order valence-corrected chi connectivity index (χ4v) is 4.78. The summed E-state index contributed by atoms with van der Waals surface area (Å²) in [7, 11) is 0. The number of rotatable bonds is 9. The highest BCUT2D eigenvalue weighted by molar-refractivity contribution is 8.07. The Balaban J connectivity index is 1.92. The minimum absolute atomic E-state index is 0.314. The van der Waals surface area contributed by atoms with Crippen LogP contribution >= 0.6 is 23.5 Å². The molecular weight excluding hydrogens is 248 g/mol. The van der Waals surface area contributed by atoms with Crippen LogP contribution in [0.15, 0.2) is 0 Å². The fraction of sp³-hybridized carbons (Fsp3) is 0.929. The van der Waals surface area contributed by atoms with Crippen LogP contribution in [0.2, 0.25) is 0 Å². The van der Waals surface area contributed by atoms with Crippen molar-refractivity contribution in [2.24, 2.45) is 0 Å². The molecule has 0 aliphatic carbocycles. The molecule has 17 heavy (non-hydrogen) atoms. The lowest BCUT2D eigenvalue weighted by Crippen LogP contribution is -2.23. The number of Topliss-reactive ketones (excluding diaryl/α,β-unsaturated/α-hetero) is 1. The van der Waals surface area contributed by atoms with E-state index in [0.717, 1.165) is 24.3 Å². The zero-order valence-corrected chi connectivity index (χ0v) is 12.7. The Bertz CT molecular complexity index is 200. The molecule has 0 radical (unpaired) electrons. The second-order valence-corrected chi connectivity index (χ2v) is 7.23. The van der Waals surface area contributed by atoms with Crippen LogP contribution in [-0.2, 0) is 4.79 Å². The van der Waals surface area contributed by atoms with Crippen molar-refractivity contribution in [3.8, 4) is 0 Å². The summed E-state index contributed by atoms with van der Waals surface area (Å²) in [5.41, 5.74) is 0. The average molecular weight is 274 g/mol. The van der Waals surface area contributed by atoms with E-state index in [1.165, 1.54) is 44.3 Å². The maximum Gasteiger partial charge on any atom is 0.146 e. The second kappa shape index (κ2) is 10.3. The summed E-state index contributed by atoms with van der Waals surface area (Å²) < 4.78 is 0. The Kier molecular flexibility index (Phi) is 9.35. The van der Waals surface area contributed by atoms with E-state index in [4.69, 9.17) is 0 Å². The molecule has 3 heteroatoms. The summed E-state index contributed by atoms with van der Waals surface area (Å²) in [6.45, 7) is 2.25. The summed E-state index contributed by atoms with van der Waals surface area (Å²) in [5, 5.41) is 0.314. The molecule has 1 heterocycles. The summed E-state index contributed by atoms with van der Waals surface area (Å²) in [5.74, 6) is 3.96. The molecule has 0 saturated carbocycles. The zero-order valence-electron chi connectivity index (χ0n) is 11.1. The van der Waals surface area contributed by atoms with Crippen LogP contribution in [0.4, 0.5) is 0 Å². The molecule has 0 aromatic rings. The fourth-order valence-electron chi connectivity index (χ4n) is 2.09. The standard InChI is InChI=1S/C14H26OS2/c1-2-3-4-5-6-7-8-9-13(15)14-12-16-10-11-17-14/h14H,2-12H2,1H3. The Labute approximate surface area is 115 Å². The van der Waals surface area contributed by atoms with Gasteiger partial charge in [0.2, 0.25) is 0 Å². The number of hydrogen-bond donors (Lipinski definition) is 0. The third-order valence-electron chi connectivity index (χ3n) is 3.20. The molecule has 1 aliphatic rings. The van der Waals surface area contributed by atoms with Gasteiger partial charge in [-0.3, -0.25) is 4.79 Å². The minimum atomic E-state index is 0.314. The van der Waals surface area contributed by atoms with Gasteiger partial charge in [-0.15, -0.1) is 11.8 Å². The third kappa shape index (κ3) is 7.40. The first-order valence-corrected chi connectivity index (χ1v) is 9.27. The topological polar surface area (TPSA) is 17.1 Å².